The number of benzene rings is 1. The summed E-state index contributed by atoms with van der Waals surface area (Å²) < 4.78 is 33.8. The monoisotopic (exact) mass is 261 g/mol. The first-order valence-corrected chi connectivity index (χ1v) is 5.53. The third-order valence-corrected chi connectivity index (χ3v) is 2.77. The van der Waals surface area contributed by atoms with Crippen molar-refractivity contribution in [3.63, 3.8) is 0 Å². The first kappa shape index (κ1) is 11.6. The second kappa shape index (κ2) is 4.31. The highest BCUT2D eigenvalue weighted by atomic mass is 19.1. The summed E-state index contributed by atoms with van der Waals surface area (Å²) in [6.45, 7) is 0. The normalized spacial score (nSPS) is 10.9. The Morgan fingerprint density at radius 3 is 2.79 bits per heavy atom. The molecule has 2 heterocycles. The Morgan fingerprint density at radius 2 is 2.00 bits per heavy atom. The summed E-state index contributed by atoms with van der Waals surface area (Å²) in [6.07, 6.45) is 3.22. The van der Waals surface area contributed by atoms with Crippen LogP contribution in [0, 0.1) is 11.6 Å². The van der Waals surface area contributed by atoms with E-state index in [0.29, 0.717) is 11.3 Å². The number of hydrogen-bond acceptors (Lipinski definition) is 3. The fourth-order valence-corrected chi connectivity index (χ4v) is 1.84. The topological polar surface area (TPSA) is 39.4 Å². The fraction of sp³-hybridized carbons (Fsp3) is 0.0769. The van der Waals surface area contributed by atoms with Crippen molar-refractivity contribution in [3.8, 4) is 17.0 Å². The van der Waals surface area contributed by atoms with Crippen LogP contribution in [0.4, 0.5) is 8.78 Å². The van der Waals surface area contributed by atoms with Crippen molar-refractivity contribution in [1.29, 1.82) is 0 Å². The zero-order valence-corrected chi connectivity index (χ0v) is 9.97. The smallest absolute Gasteiger partial charge is 0.165 e. The molecule has 2 aromatic heterocycles. The van der Waals surface area contributed by atoms with Gasteiger partial charge in [0.2, 0.25) is 0 Å². The molecule has 0 unspecified atom stereocenters. The Balaban J connectivity index is 2.17. The third kappa shape index (κ3) is 1.91. The molecule has 0 N–H and O–H groups in total. The Kier molecular flexibility index (Phi) is 2.63. The third-order valence-electron chi connectivity index (χ3n) is 2.77. The standard InChI is InChI=1S/C13H9F2N3O/c1-19-12-7-9(14)8(6-10(12)15)11-2-3-13-16-4-5-18(13)17-11/h2-7H,1H3. The van der Waals surface area contributed by atoms with E-state index in [0.717, 1.165) is 12.1 Å². The van der Waals surface area contributed by atoms with Crippen LogP contribution in [0.25, 0.3) is 16.9 Å². The van der Waals surface area contributed by atoms with Crippen molar-refractivity contribution in [3.05, 3.63) is 48.3 Å². The van der Waals surface area contributed by atoms with Gasteiger partial charge < -0.3 is 4.74 Å². The van der Waals surface area contributed by atoms with Crippen LogP contribution in [-0.4, -0.2) is 21.7 Å². The summed E-state index contributed by atoms with van der Waals surface area (Å²) in [4.78, 5) is 4.03. The van der Waals surface area contributed by atoms with Crippen LogP contribution < -0.4 is 4.74 Å². The molecule has 96 valence electrons. The maximum absolute atomic E-state index is 13.9. The highest BCUT2D eigenvalue weighted by Crippen LogP contribution is 2.27. The SMILES string of the molecule is COc1cc(F)c(-c2ccc3nccn3n2)cc1F. The van der Waals surface area contributed by atoms with Gasteiger partial charge in [-0.3, -0.25) is 0 Å². The van der Waals surface area contributed by atoms with Crippen LogP contribution in [-0.2, 0) is 0 Å². The zero-order valence-electron chi connectivity index (χ0n) is 9.97. The molecule has 0 aliphatic carbocycles. The predicted molar refractivity (Wildman–Crippen MR) is 64.9 cm³/mol. The Hall–Kier alpha value is -2.50. The number of ether oxygens (including phenoxy) is 1. The van der Waals surface area contributed by atoms with E-state index in [1.54, 1.807) is 24.5 Å². The molecule has 0 saturated carbocycles. The molecule has 4 nitrogen and oxygen atoms in total. The van der Waals surface area contributed by atoms with Crippen LogP contribution in [0.15, 0.2) is 36.7 Å². The molecule has 0 fully saturated rings. The van der Waals surface area contributed by atoms with E-state index in [1.807, 2.05) is 0 Å². The molecule has 1 aromatic carbocycles. The summed E-state index contributed by atoms with van der Waals surface area (Å²) in [5, 5.41) is 4.17. The Labute approximate surface area is 107 Å². The summed E-state index contributed by atoms with van der Waals surface area (Å²) in [5.41, 5.74) is 1.04. The van der Waals surface area contributed by atoms with Gasteiger partial charge in [-0.05, 0) is 18.2 Å². The van der Waals surface area contributed by atoms with Crippen LogP contribution >= 0.6 is 0 Å². The number of hydrogen-bond donors (Lipinski definition) is 0. The minimum Gasteiger partial charge on any atom is -0.494 e. The minimum absolute atomic E-state index is 0.0777. The number of halogens is 2. The molecular formula is C13H9F2N3O. The second-order valence-corrected chi connectivity index (χ2v) is 3.92. The van der Waals surface area contributed by atoms with Gasteiger partial charge in [-0.2, -0.15) is 5.10 Å². The van der Waals surface area contributed by atoms with Gasteiger partial charge in [0.05, 0.1) is 12.8 Å². The lowest BCUT2D eigenvalue weighted by atomic mass is 10.1. The lowest BCUT2D eigenvalue weighted by Gasteiger charge is -2.07. The van der Waals surface area contributed by atoms with Crippen molar-refractivity contribution >= 4 is 5.65 Å². The summed E-state index contributed by atoms with van der Waals surface area (Å²) in [5.74, 6) is -1.36. The van der Waals surface area contributed by atoms with Gasteiger partial charge >= 0.3 is 0 Å². The van der Waals surface area contributed by atoms with Crippen molar-refractivity contribution in [2.45, 2.75) is 0 Å². The molecule has 3 aromatic rings. The van der Waals surface area contributed by atoms with Crippen molar-refractivity contribution in [2.24, 2.45) is 0 Å². The van der Waals surface area contributed by atoms with E-state index in [2.05, 4.69) is 10.1 Å². The first-order valence-electron chi connectivity index (χ1n) is 5.53. The van der Waals surface area contributed by atoms with Gasteiger partial charge in [-0.25, -0.2) is 18.3 Å². The molecule has 0 aliphatic rings. The number of fused-ring (bicyclic) bond motifs is 1. The molecule has 0 atom stereocenters. The van der Waals surface area contributed by atoms with Gasteiger partial charge in [0.1, 0.15) is 5.82 Å². The number of methoxy groups -OCH3 is 1. The average molecular weight is 261 g/mol. The first-order chi connectivity index (χ1) is 9.19. The summed E-state index contributed by atoms with van der Waals surface area (Å²) in [6, 6.07) is 5.35. The van der Waals surface area contributed by atoms with Gasteiger partial charge in [0.15, 0.2) is 17.2 Å². The van der Waals surface area contributed by atoms with Gasteiger partial charge in [-0.15, -0.1) is 0 Å². The number of nitrogens with zero attached hydrogens (tertiary/aromatic N) is 3. The van der Waals surface area contributed by atoms with Crippen LogP contribution in [0.2, 0.25) is 0 Å². The molecule has 3 rings (SSSR count). The van der Waals surface area contributed by atoms with Crippen molar-refractivity contribution in [1.82, 2.24) is 14.6 Å². The molecule has 0 bridgehead atoms. The predicted octanol–water partition coefficient (Wildman–Crippen LogP) is 2.68. The van der Waals surface area contributed by atoms with E-state index in [9.17, 15) is 8.78 Å². The molecule has 0 amide bonds. The maximum atomic E-state index is 13.9. The molecule has 19 heavy (non-hydrogen) atoms. The lowest BCUT2D eigenvalue weighted by molar-refractivity contribution is 0.383. The zero-order chi connectivity index (χ0) is 13.4. The van der Waals surface area contributed by atoms with Gasteiger partial charge in [0.25, 0.3) is 0 Å². The van der Waals surface area contributed by atoms with Crippen molar-refractivity contribution < 1.29 is 13.5 Å². The van der Waals surface area contributed by atoms with E-state index in [4.69, 9.17) is 4.74 Å². The largest absolute Gasteiger partial charge is 0.494 e. The van der Waals surface area contributed by atoms with Gasteiger partial charge in [-0.1, -0.05) is 0 Å². The van der Waals surface area contributed by atoms with Crippen LogP contribution in [0.3, 0.4) is 0 Å². The number of aromatic nitrogens is 3. The molecule has 0 radical (unpaired) electrons. The lowest BCUT2D eigenvalue weighted by Crippen LogP contribution is -1.97. The van der Waals surface area contributed by atoms with E-state index in [-0.39, 0.29) is 11.3 Å². The fourth-order valence-electron chi connectivity index (χ4n) is 1.84. The average Bonchev–Trinajstić information content (AvgIpc) is 2.88. The molecular weight excluding hydrogens is 252 g/mol. The highest BCUT2D eigenvalue weighted by molar-refractivity contribution is 5.62. The van der Waals surface area contributed by atoms with E-state index in [1.165, 1.54) is 11.6 Å². The van der Waals surface area contributed by atoms with Crippen LogP contribution in [0.5, 0.6) is 5.75 Å². The molecule has 0 spiro atoms. The quantitative estimate of drug-likeness (QED) is 0.712. The van der Waals surface area contributed by atoms with Gasteiger partial charge in [0, 0.05) is 24.0 Å². The Bertz CT molecular complexity index is 755. The van der Waals surface area contributed by atoms with Crippen LogP contribution in [0.1, 0.15) is 0 Å². The maximum Gasteiger partial charge on any atom is 0.165 e. The molecule has 0 saturated heterocycles. The summed E-state index contributed by atoms with van der Waals surface area (Å²) >= 11 is 0. The molecule has 0 aliphatic heterocycles. The number of imidazole rings is 1. The van der Waals surface area contributed by atoms with E-state index < -0.39 is 11.6 Å². The Morgan fingerprint density at radius 1 is 1.16 bits per heavy atom. The summed E-state index contributed by atoms with van der Waals surface area (Å²) in [7, 11) is 1.29. The second-order valence-electron chi connectivity index (χ2n) is 3.92. The van der Waals surface area contributed by atoms with Crippen molar-refractivity contribution in [2.75, 3.05) is 7.11 Å². The molecule has 6 heteroatoms. The number of rotatable bonds is 2. The van der Waals surface area contributed by atoms with E-state index >= 15 is 0 Å². The highest BCUT2D eigenvalue weighted by Gasteiger charge is 2.13. The minimum atomic E-state index is -0.633.